The van der Waals surface area contributed by atoms with E-state index in [9.17, 15) is 9.59 Å². The molecule has 0 fully saturated rings. The number of hydrogen-bond acceptors (Lipinski definition) is 2. The summed E-state index contributed by atoms with van der Waals surface area (Å²) >= 11 is 1.94. The third kappa shape index (κ3) is 5.75. The fraction of sp³-hybridized carbons (Fsp3) is 0.600. The minimum Gasteiger partial charge on any atom is -0.348 e. The van der Waals surface area contributed by atoms with Crippen molar-refractivity contribution in [3.63, 3.8) is 0 Å². The lowest BCUT2D eigenvalue weighted by molar-refractivity contribution is -0.122. The summed E-state index contributed by atoms with van der Waals surface area (Å²) in [6.07, 6.45) is 0. The number of hydrogen-bond donors (Lipinski definition) is 1. The van der Waals surface area contributed by atoms with Crippen LogP contribution in [-0.2, 0) is 9.59 Å². The molecule has 0 aliphatic rings. The van der Waals surface area contributed by atoms with Gasteiger partial charge in [-0.1, -0.05) is 22.6 Å². The molecule has 1 N–H and O–H groups in total. The Morgan fingerprint density at radius 2 is 2.11 bits per heavy atom. The standard InChI is InChI=1S/C5H8INO2/c1-4(8)3-7-5(9)2-6/h2-3H2,1H3,(H,7,9). The van der Waals surface area contributed by atoms with Crippen molar-refractivity contribution in [2.24, 2.45) is 0 Å². The van der Waals surface area contributed by atoms with Gasteiger partial charge in [-0.05, 0) is 6.92 Å². The van der Waals surface area contributed by atoms with Gasteiger partial charge in [0, 0.05) is 0 Å². The molecule has 0 atom stereocenters. The largest absolute Gasteiger partial charge is 0.348 e. The van der Waals surface area contributed by atoms with Crippen molar-refractivity contribution in [3.05, 3.63) is 0 Å². The van der Waals surface area contributed by atoms with E-state index in [0.717, 1.165) is 0 Å². The number of rotatable bonds is 3. The fourth-order valence-corrected chi connectivity index (χ4v) is 0.540. The van der Waals surface area contributed by atoms with Crippen molar-refractivity contribution >= 4 is 34.3 Å². The summed E-state index contributed by atoms with van der Waals surface area (Å²) in [6.45, 7) is 1.59. The topological polar surface area (TPSA) is 46.2 Å². The molecule has 1 amide bonds. The molecule has 0 rings (SSSR count). The predicted octanol–water partition coefficient (Wildman–Crippen LogP) is 0.127. The van der Waals surface area contributed by atoms with Gasteiger partial charge in [-0.3, -0.25) is 9.59 Å². The van der Waals surface area contributed by atoms with Gasteiger partial charge in [0.25, 0.3) is 0 Å². The molecule has 0 saturated heterocycles. The van der Waals surface area contributed by atoms with Crippen LogP contribution in [0, 0.1) is 0 Å². The SMILES string of the molecule is CC(=O)CNC(=O)CI. The van der Waals surface area contributed by atoms with Crippen LogP contribution in [0.5, 0.6) is 0 Å². The summed E-state index contributed by atoms with van der Waals surface area (Å²) in [6, 6.07) is 0. The molecule has 0 heterocycles. The fourth-order valence-electron chi connectivity index (χ4n) is 0.270. The number of nitrogens with one attached hydrogen (secondary N) is 1. The second kappa shape index (κ2) is 4.72. The van der Waals surface area contributed by atoms with Gasteiger partial charge in [-0.25, -0.2) is 0 Å². The lowest BCUT2D eigenvalue weighted by atomic mass is 10.4. The predicted molar refractivity (Wildman–Crippen MR) is 42.6 cm³/mol. The third-order valence-electron chi connectivity index (χ3n) is 0.656. The van der Waals surface area contributed by atoms with Gasteiger partial charge in [0.1, 0.15) is 5.78 Å². The Morgan fingerprint density at radius 1 is 1.56 bits per heavy atom. The summed E-state index contributed by atoms with van der Waals surface area (Å²) < 4.78 is 0.408. The van der Waals surface area contributed by atoms with E-state index < -0.39 is 0 Å². The molecule has 0 bridgehead atoms. The molecule has 52 valence electrons. The maximum Gasteiger partial charge on any atom is 0.230 e. The monoisotopic (exact) mass is 241 g/mol. The van der Waals surface area contributed by atoms with E-state index in [0.29, 0.717) is 4.43 Å². The highest BCUT2D eigenvalue weighted by molar-refractivity contribution is 14.1. The zero-order valence-electron chi connectivity index (χ0n) is 5.11. The van der Waals surface area contributed by atoms with Gasteiger partial charge >= 0.3 is 0 Å². The van der Waals surface area contributed by atoms with Crippen LogP contribution in [0.2, 0.25) is 0 Å². The Labute approximate surface area is 67.3 Å². The molecule has 0 aromatic carbocycles. The van der Waals surface area contributed by atoms with E-state index in [-0.39, 0.29) is 18.2 Å². The van der Waals surface area contributed by atoms with Crippen molar-refractivity contribution in [3.8, 4) is 0 Å². The van der Waals surface area contributed by atoms with Crippen molar-refractivity contribution in [1.82, 2.24) is 5.32 Å². The zero-order chi connectivity index (χ0) is 7.28. The molecule has 0 aromatic heterocycles. The normalized spacial score (nSPS) is 8.67. The van der Waals surface area contributed by atoms with Crippen LogP contribution in [0.4, 0.5) is 0 Å². The van der Waals surface area contributed by atoms with Crippen LogP contribution in [0.15, 0.2) is 0 Å². The highest BCUT2D eigenvalue weighted by Crippen LogP contribution is 1.78. The maximum atomic E-state index is 10.4. The number of carbonyl (C=O) groups excluding carboxylic acids is 2. The van der Waals surface area contributed by atoms with E-state index in [4.69, 9.17) is 0 Å². The number of alkyl halides is 1. The minimum atomic E-state index is -0.0919. The third-order valence-corrected chi connectivity index (χ3v) is 1.35. The summed E-state index contributed by atoms with van der Waals surface area (Å²) in [5, 5.41) is 2.44. The lowest BCUT2D eigenvalue weighted by Gasteiger charge is -1.96. The second-order valence-corrected chi connectivity index (χ2v) is 2.38. The average molecular weight is 241 g/mol. The molecule has 9 heavy (non-hydrogen) atoms. The van der Waals surface area contributed by atoms with E-state index in [1.807, 2.05) is 22.6 Å². The molecular weight excluding hydrogens is 233 g/mol. The van der Waals surface area contributed by atoms with Crippen molar-refractivity contribution < 1.29 is 9.59 Å². The molecular formula is C5H8INO2. The number of halogens is 1. The molecule has 0 aromatic rings. The quantitative estimate of drug-likeness (QED) is 0.563. The van der Waals surface area contributed by atoms with Crippen molar-refractivity contribution in [1.29, 1.82) is 0 Å². The Morgan fingerprint density at radius 3 is 2.44 bits per heavy atom. The molecule has 0 spiro atoms. The van der Waals surface area contributed by atoms with Gasteiger partial charge in [0.15, 0.2) is 0 Å². The molecule has 3 nitrogen and oxygen atoms in total. The van der Waals surface area contributed by atoms with E-state index in [1.54, 1.807) is 0 Å². The van der Waals surface area contributed by atoms with Crippen LogP contribution >= 0.6 is 22.6 Å². The Kier molecular flexibility index (Phi) is 4.65. The smallest absolute Gasteiger partial charge is 0.230 e. The van der Waals surface area contributed by atoms with Crippen LogP contribution in [-0.4, -0.2) is 22.7 Å². The molecule has 0 radical (unpaired) electrons. The lowest BCUT2D eigenvalue weighted by Crippen LogP contribution is -2.28. The van der Waals surface area contributed by atoms with Gasteiger partial charge in [-0.2, -0.15) is 0 Å². The summed E-state index contributed by atoms with van der Waals surface area (Å²) in [5.41, 5.74) is 0. The molecule has 0 aliphatic heterocycles. The minimum absolute atomic E-state index is 0.0202. The van der Waals surface area contributed by atoms with Crippen molar-refractivity contribution in [2.45, 2.75) is 6.92 Å². The maximum absolute atomic E-state index is 10.4. The van der Waals surface area contributed by atoms with E-state index >= 15 is 0 Å². The van der Waals surface area contributed by atoms with Crippen LogP contribution in [0.25, 0.3) is 0 Å². The highest BCUT2D eigenvalue weighted by atomic mass is 127. The van der Waals surface area contributed by atoms with Gasteiger partial charge in [-0.15, -0.1) is 0 Å². The Hall–Kier alpha value is -0.130. The molecule has 0 unspecified atom stereocenters. The first-order valence-corrected chi connectivity index (χ1v) is 4.01. The number of amides is 1. The van der Waals surface area contributed by atoms with Crippen LogP contribution in [0.1, 0.15) is 6.92 Å². The van der Waals surface area contributed by atoms with Gasteiger partial charge < -0.3 is 5.32 Å². The first-order valence-electron chi connectivity index (χ1n) is 2.49. The molecule has 0 saturated carbocycles. The first kappa shape index (κ1) is 8.87. The van der Waals surface area contributed by atoms with Crippen LogP contribution < -0.4 is 5.32 Å². The number of carbonyl (C=O) groups is 2. The van der Waals surface area contributed by atoms with Gasteiger partial charge in [0.05, 0.1) is 11.0 Å². The van der Waals surface area contributed by atoms with Crippen molar-refractivity contribution in [2.75, 3.05) is 11.0 Å². The summed E-state index contributed by atoms with van der Waals surface area (Å²) in [5.74, 6) is -0.112. The molecule has 4 heteroatoms. The highest BCUT2D eigenvalue weighted by Gasteiger charge is 1.97. The first-order chi connectivity index (χ1) is 4.16. The van der Waals surface area contributed by atoms with Gasteiger partial charge in [0.2, 0.25) is 5.91 Å². The molecule has 0 aliphatic carbocycles. The summed E-state index contributed by atoms with van der Waals surface area (Å²) in [7, 11) is 0. The number of Topliss-reactive ketones (excluding diaryl/α,β-unsaturated/α-hetero) is 1. The average Bonchev–Trinajstić information content (AvgIpc) is 1.83. The Bertz CT molecular complexity index is 124. The summed E-state index contributed by atoms with van der Waals surface area (Å²) in [4.78, 5) is 20.7. The number of ketones is 1. The second-order valence-electron chi connectivity index (χ2n) is 1.61. The zero-order valence-corrected chi connectivity index (χ0v) is 7.27. The Balaban J connectivity index is 3.28. The van der Waals surface area contributed by atoms with E-state index in [2.05, 4.69) is 5.32 Å². The van der Waals surface area contributed by atoms with E-state index in [1.165, 1.54) is 6.92 Å². The van der Waals surface area contributed by atoms with Crippen LogP contribution in [0.3, 0.4) is 0 Å².